The van der Waals surface area contributed by atoms with Gasteiger partial charge in [0.25, 0.3) is 0 Å². The molecule has 0 atom stereocenters. The van der Waals surface area contributed by atoms with Crippen LogP contribution in [0.25, 0.3) is 33.4 Å². The Morgan fingerprint density at radius 3 is 0.540 bits per heavy atom. The van der Waals surface area contributed by atoms with Gasteiger partial charge in [-0.1, -0.05) is 121 Å². The maximum absolute atomic E-state index is 6.18. The summed E-state index contributed by atoms with van der Waals surface area (Å²) in [6.07, 6.45) is 16.7. The minimum atomic E-state index is -0.749. The van der Waals surface area contributed by atoms with Crippen LogP contribution in [0.3, 0.4) is 0 Å². The molecule has 248 valence electrons. The molecule has 0 radical (unpaired) electrons. The second-order valence-corrected chi connectivity index (χ2v) is 13.2. The quantitative estimate of drug-likeness (QED) is 0.181. The molecular formula is C46H40O4. The van der Waals surface area contributed by atoms with Gasteiger partial charge in [0, 0.05) is 28.4 Å². The van der Waals surface area contributed by atoms with Gasteiger partial charge in [0.05, 0.1) is 0 Å². The zero-order valence-corrected chi connectivity index (χ0v) is 28.8. The van der Waals surface area contributed by atoms with Gasteiger partial charge >= 0.3 is 0 Å². The molecule has 5 aromatic carbocycles. The molecule has 0 aromatic heterocycles. The molecule has 0 aliphatic heterocycles. The van der Waals surface area contributed by atoms with Crippen molar-refractivity contribution in [2.24, 2.45) is 0 Å². The Morgan fingerprint density at radius 2 is 0.380 bits per heavy atom. The number of methoxy groups -OCH3 is 4. The van der Waals surface area contributed by atoms with Gasteiger partial charge in [0.15, 0.2) is 0 Å². The third kappa shape index (κ3) is 5.15. The van der Waals surface area contributed by atoms with E-state index in [1.165, 1.54) is 11.1 Å². The largest absolute Gasteiger partial charge is 0.365 e. The Morgan fingerprint density at radius 1 is 0.240 bits per heavy atom. The molecule has 0 saturated carbocycles. The zero-order valence-electron chi connectivity index (χ0n) is 28.8. The number of benzene rings is 5. The van der Waals surface area contributed by atoms with Crippen molar-refractivity contribution in [3.63, 3.8) is 0 Å². The SMILES string of the molecule is COC12C=CC(OC)(C=C1)c1ccc(cc1)C1(OC)C=CC(OC)(C=C1)c1ccc(cc1)-c1ccc(cc1)-c1ccc(cc1)-c1ccc2cc1. The molecular weight excluding hydrogens is 617 g/mol. The van der Waals surface area contributed by atoms with Gasteiger partial charge in [-0.2, -0.15) is 0 Å². The summed E-state index contributed by atoms with van der Waals surface area (Å²) >= 11 is 0. The summed E-state index contributed by atoms with van der Waals surface area (Å²) < 4.78 is 24.7. The van der Waals surface area contributed by atoms with Gasteiger partial charge in [0.1, 0.15) is 22.4 Å². The molecule has 14 bridgehead atoms. The summed E-state index contributed by atoms with van der Waals surface area (Å²) in [7, 11) is 6.96. The van der Waals surface area contributed by atoms with E-state index in [9.17, 15) is 0 Å². The summed E-state index contributed by atoms with van der Waals surface area (Å²) in [5.41, 5.74) is 8.14. The van der Waals surface area contributed by atoms with E-state index < -0.39 is 22.4 Å². The highest BCUT2D eigenvalue weighted by Crippen LogP contribution is 2.43. The molecule has 50 heavy (non-hydrogen) atoms. The van der Waals surface area contributed by atoms with Gasteiger partial charge in [-0.25, -0.2) is 0 Å². The first-order chi connectivity index (χ1) is 24.4. The molecule has 22 rings (SSSR count). The number of ether oxygens (including phenoxy) is 4. The number of hydrogen-bond acceptors (Lipinski definition) is 4. The van der Waals surface area contributed by atoms with E-state index in [4.69, 9.17) is 18.9 Å². The van der Waals surface area contributed by atoms with E-state index in [0.29, 0.717) is 0 Å². The van der Waals surface area contributed by atoms with E-state index in [1.54, 1.807) is 28.4 Å². The van der Waals surface area contributed by atoms with Gasteiger partial charge in [-0.3, -0.25) is 0 Å². The lowest BCUT2D eigenvalue weighted by molar-refractivity contribution is 0.0407. The number of hydrogen-bond donors (Lipinski definition) is 0. The molecule has 4 nitrogen and oxygen atoms in total. The lowest BCUT2D eigenvalue weighted by Gasteiger charge is -2.37. The van der Waals surface area contributed by atoms with Crippen LogP contribution in [0.1, 0.15) is 22.3 Å². The first-order valence-electron chi connectivity index (χ1n) is 16.9. The van der Waals surface area contributed by atoms with Crippen molar-refractivity contribution < 1.29 is 18.9 Å². The van der Waals surface area contributed by atoms with E-state index in [1.807, 2.05) is 0 Å². The van der Waals surface area contributed by atoms with Crippen molar-refractivity contribution in [2.75, 3.05) is 28.4 Å². The fourth-order valence-corrected chi connectivity index (χ4v) is 7.55. The van der Waals surface area contributed by atoms with Crippen LogP contribution in [0.4, 0.5) is 0 Å². The highest BCUT2D eigenvalue weighted by Gasteiger charge is 2.39. The van der Waals surface area contributed by atoms with Crippen LogP contribution in [0.15, 0.2) is 170 Å². The van der Waals surface area contributed by atoms with Crippen LogP contribution >= 0.6 is 0 Å². The average molecular weight is 657 g/mol. The first kappa shape index (κ1) is 32.1. The molecule has 0 amide bonds. The van der Waals surface area contributed by atoms with Crippen LogP contribution in [0.5, 0.6) is 0 Å². The molecule has 0 N–H and O–H groups in total. The molecule has 17 aliphatic rings. The van der Waals surface area contributed by atoms with Crippen LogP contribution in [-0.2, 0) is 41.4 Å². The van der Waals surface area contributed by atoms with Crippen molar-refractivity contribution >= 4 is 0 Å². The lowest BCUT2D eigenvalue weighted by atomic mass is 9.79. The minimum Gasteiger partial charge on any atom is -0.365 e. The second-order valence-electron chi connectivity index (χ2n) is 13.2. The highest BCUT2D eigenvalue weighted by atomic mass is 16.5. The molecule has 4 heteroatoms. The van der Waals surface area contributed by atoms with E-state index in [2.05, 4.69) is 170 Å². The molecule has 0 heterocycles. The Hall–Kier alpha value is -5.10. The van der Waals surface area contributed by atoms with Crippen LogP contribution in [-0.4, -0.2) is 28.4 Å². The van der Waals surface area contributed by atoms with Crippen molar-refractivity contribution in [1.29, 1.82) is 0 Å². The maximum Gasteiger partial charge on any atom is 0.129 e. The van der Waals surface area contributed by atoms with Gasteiger partial charge in [0.2, 0.25) is 0 Å². The maximum atomic E-state index is 6.18. The third-order valence-electron chi connectivity index (χ3n) is 10.9. The van der Waals surface area contributed by atoms with Gasteiger partial charge in [-0.15, -0.1) is 0 Å². The summed E-state index contributed by atoms with van der Waals surface area (Å²) in [6, 6.07) is 43.1. The lowest BCUT2D eigenvalue weighted by Crippen LogP contribution is -2.34. The van der Waals surface area contributed by atoms with E-state index in [0.717, 1.165) is 44.5 Å². The van der Waals surface area contributed by atoms with Crippen molar-refractivity contribution in [1.82, 2.24) is 0 Å². The topological polar surface area (TPSA) is 36.9 Å². The highest BCUT2D eigenvalue weighted by molar-refractivity contribution is 5.73. The smallest absolute Gasteiger partial charge is 0.129 e. The zero-order chi connectivity index (χ0) is 34.4. The predicted octanol–water partition coefficient (Wildman–Crippen LogP) is 10.0. The van der Waals surface area contributed by atoms with E-state index in [-0.39, 0.29) is 0 Å². The third-order valence-corrected chi connectivity index (χ3v) is 10.9. The average Bonchev–Trinajstić information content (AvgIpc) is 3.21. The Labute approximate surface area is 294 Å². The summed E-state index contributed by atoms with van der Waals surface area (Å²) in [4.78, 5) is 0. The molecule has 5 aromatic rings. The van der Waals surface area contributed by atoms with Crippen molar-refractivity contribution in [2.45, 2.75) is 22.4 Å². The predicted molar refractivity (Wildman–Crippen MR) is 200 cm³/mol. The van der Waals surface area contributed by atoms with E-state index >= 15 is 0 Å². The Kier molecular flexibility index (Phi) is 7.93. The Bertz CT molecular complexity index is 1930. The normalized spacial score (nSPS) is 25.9. The van der Waals surface area contributed by atoms with Gasteiger partial charge < -0.3 is 18.9 Å². The van der Waals surface area contributed by atoms with Crippen LogP contribution in [0.2, 0.25) is 0 Å². The first-order valence-corrected chi connectivity index (χ1v) is 16.9. The monoisotopic (exact) mass is 656 g/mol. The summed E-state index contributed by atoms with van der Waals surface area (Å²) in [5.74, 6) is 0. The van der Waals surface area contributed by atoms with Gasteiger partial charge in [-0.05, 0) is 104 Å². The summed E-state index contributed by atoms with van der Waals surface area (Å²) in [6.45, 7) is 0. The molecule has 0 fully saturated rings. The molecule has 0 saturated heterocycles. The minimum absolute atomic E-state index is 0.717. The van der Waals surface area contributed by atoms with Crippen LogP contribution in [0, 0.1) is 0 Å². The summed E-state index contributed by atoms with van der Waals surface area (Å²) in [5, 5.41) is 0. The fraction of sp³-hybridized carbons (Fsp3) is 0.174. The molecule has 17 aliphatic carbocycles. The van der Waals surface area contributed by atoms with Crippen LogP contribution < -0.4 is 0 Å². The van der Waals surface area contributed by atoms with Crippen molar-refractivity contribution in [3.05, 3.63) is 192 Å². The second kappa shape index (κ2) is 12.3. The van der Waals surface area contributed by atoms with Crippen molar-refractivity contribution in [3.8, 4) is 33.4 Å². The molecule has 0 spiro atoms. The Balaban J connectivity index is 1.23. The fourth-order valence-electron chi connectivity index (χ4n) is 7.55. The number of rotatable bonds is 4. The molecule has 0 unspecified atom stereocenters. The standard InChI is InChI=1S/C46H40O4/c1-47-43-25-29-45(49-3,30-26-43)41-21-23-42(24-22-41)46(50-4)31-27-44(48-2,28-32-46)40-19-15-38(16-20-40)36-11-7-34(8-12-36)33-5-9-35(10-6-33)37-13-17-39(43)18-14-37/h5-32H,1-4H3.